The summed E-state index contributed by atoms with van der Waals surface area (Å²) in [7, 11) is 1.87. The lowest BCUT2D eigenvalue weighted by atomic mass is 10.0. The van der Waals surface area contributed by atoms with E-state index in [0.29, 0.717) is 13.0 Å². The Kier molecular flexibility index (Phi) is 5.42. The Balaban J connectivity index is 1.51. The summed E-state index contributed by atoms with van der Waals surface area (Å²) in [6, 6.07) is 14.7. The van der Waals surface area contributed by atoms with Gasteiger partial charge in [-0.25, -0.2) is 10.9 Å². The molecule has 1 atom stereocenters. The van der Waals surface area contributed by atoms with Gasteiger partial charge in [0, 0.05) is 25.9 Å². The molecular weight excluding hydrogens is 302 g/mol. The molecular formula is C18H25N5O. The number of benzene rings is 2. The van der Waals surface area contributed by atoms with Gasteiger partial charge in [0.05, 0.1) is 6.17 Å². The van der Waals surface area contributed by atoms with Gasteiger partial charge in [-0.15, -0.1) is 0 Å². The minimum atomic E-state index is 0.0979. The molecule has 1 saturated heterocycles. The first-order valence-corrected chi connectivity index (χ1v) is 8.36. The fourth-order valence-corrected chi connectivity index (χ4v) is 3.02. The Morgan fingerprint density at radius 3 is 2.58 bits per heavy atom. The van der Waals surface area contributed by atoms with Crippen LogP contribution in [0.15, 0.2) is 42.5 Å². The number of nitrogens with one attached hydrogen (secondary N) is 4. The predicted molar refractivity (Wildman–Crippen MR) is 95.4 cm³/mol. The molecule has 4 N–H and O–H groups in total. The second kappa shape index (κ2) is 7.72. The third-order valence-corrected chi connectivity index (χ3v) is 4.52. The number of hydrogen-bond donors (Lipinski definition) is 4. The molecule has 3 rings (SSSR count). The van der Waals surface area contributed by atoms with Gasteiger partial charge in [0.2, 0.25) is 5.91 Å². The third kappa shape index (κ3) is 4.10. The van der Waals surface area contributed by atoms with Gasteiger partial charge in [-0.05, 0) is 22.8 Å². The molecule has 2 aromatic rings. The van der Waals surface area contributed by atoms with Crippen molar-refractivity contribution in [3.63, 3.8) is 0 Å². The van der Waals surface area contributed by atoms with E-state index in [0.717, 1.165) is 6.42 Å². The fraction of sp³-hybridized carbons (Fsp3) is 0.389. The molecule has 6 heteroatoms. The van der Waals surface area contributed by atoms with E-state index in [-0.39, 0.29) is 18.0 Å². The molecule has 24 heavy (non-hydrogen) atoms. The van der Waals surface area contributed by atoms with E-state index < -0.39 is 0 Å². The average molecular weight is 327 g/mol. The molecule has 1 aliphatic rings. The van der Waals surface area contributed by atoms with Crippen LogP contribution in [-0.4, -0.2) is 30.6 Å². The quantitative estimate of drug-likeness (QED) is 0.644. The summed E-state index contributed by atoms with van der Waals surface area (Å²) in [5.74, 6) is 0.455. The van der Waals surface area contributed by atoms with Crippen molar-refractivity contribution in [3.8, 4) is 0 Å². The van der Waals surface area contributed by atoms with Crippen molar-refractivity contribution in [1.82, 2.24) is 26.8 Å². The monoisotopic (exact) mass is 327 g/mol. The molecule has 1 heterocycles. The number of nitrogens with zero attached hydrogens (tertiary/aromatic N) is 1. The van der Waals surface area contributed by atoms with E-state index in [1.54, 1.807) is 0 Å². The largest absolute Gasteiger partial charge is 0.345 e. The third-order valence-electron chi connectivity index (χ3n) is 4.52. The maximum atomic E-state index is 12.4. The van der Waals surface area contributed by atoms with Crippen LogP contribution in [0.3, 0.4) is 0 Å². The van der Waals surface area contributed by atoms with Gasteiger partial charge in [-0.1, -0.05) is 49.4 Å². The number of amides is 1. The molecule has 1 unspecified atom stereocenters. The van der Waals surface area contributed by atoms with Gasteiger partial charge in [0.15, 0.2) is 0 Å². The van der Waals surface area contributed by atoms with Crippen LogP contribution in [0.2, 0.25) is 0 Å². The summed E-state index contributed by atoms with van der Waals surface area (Å²) in [4.78, 5) is 14.2. The molecule has 1 aliphatic heterocycles. The number of carbonyl (C=O) groups excluding carboxylic acids is 1. The zero-order valence-electron chi connectivity index (χ0n) is 14.2. The highest BCUT2D eigenvalue weighted by atomic mass is 16.2. The summed E-state index contributed by atoms with van der Waals surface area (Å²) in [5.41, 5.74) is 12.9. The van der Waals surface area contributed by atoms with Crippen molar-refractivity contribution in [2.45, 2.75) is 25.9 Å². The van der Waals surface area contributed by atoms with Gasteiger partial charge in [0.1, 0.15) is 0 Å². The summed E-state index contributed by atoms with van der Waals surface area (Å²) < 4.78 is 0. The molecule has 0 saturated carbocycles. The van der Waals surface area contributed by atoms with Gasteiger partial charge in [-0.2, -0.15) is 11.1 Å². The molecule has 0 spiro atoms. The van der Waals surface area contributed by atoms with Crippen LogP contribution in [0.4, 0.5) is 0 Å². The van der Waals surface area contributed by atoms with Crippen molar-refractivity contribution < 1.29 is 4.79 Å². The van der Waals surface area contributed by atoms with E-state index in [2.05, 4.69) is 59.2 Å². The predicted octanol–water partition coefficient (Wildman–Crippen LogP) is 1.31. The fourth-order valence-electron chi connectivity index (χ4n) is 3.02. The molecule has 0 aromatic heterocycles. The van der Waals surface area contributed by atoms with E-state index >= 15 is 0 Å². The van der Waals surface area contributed by atoms with E-state index in [1.807, 2.05) is 24.1 Å². The van der Waals surface area contributed by atoms with Crippen LogP contribution in [0.1, 0.15) is 18.9 Å². The number of hydrazine groups is 3. The van der Waals surface area contributed by atoms with Gasteiger partial charge < -0.3 is 4.90 Å². The Morgan fingerprint density at radius 2 is 1.83 bits per heavy atom. The van der Waals surface area contributed by atoms with Crippen molar-refractivity contribution in [3.05, 3.63) is 48.0 Å². The van der Waals surface area contributed by atoms with Crippen LogP contribution < -0.4 is 21.9 Å². The van der Waals surface area contributed by atoms with Crippen molar-refractivity contribution in [2.24, 2.45) is 5.92 Å². The highest BCUT2D eigenvalue weighted by Gasteiger charge is 2.22. The molecule has 2 aromatic carbocycles. The first-order chi connectivity index (χ1) is 11.6. The lowest BCUT2D eigenvalue weighted by molar-refractivity contribution is -0.130. The summed E-state index contributed by atoms with van der Waals surface area (Å²) in [5, 5.41) is 2.46. The Hall–Kier alpha value is -1.99. The zero-order chi connectivity index (χ0) is 16.9. The highest BCUT2D eigenvalue weighted by Crippen LogP contribution is 2.17. The number of hydrogen-bond acceptors (Lipinski definition) is 5. The second-order valence-electron chi connectivity index (χ2n) is 6.45. The molecule has 1 amide bonds. The normalized spacial score (nSPS) is 16.4. The summed E-state index contributed by atoms with van der Waals surface area (Å²) >= 11 is 0. The Morgan fingerprint density at radius 1 is 1.12 bits per heavy atom. The van der Waals surface area contributed by atoms with Crippen molar-refractivity contribution >= 4 is 16.7 Å². The number of aryl methyl sites for hydroxylation is 1. The molecule has 0 aliphatic carbocycles. The van der Waals surface area contributed by atoms with Crippen LogP contribution >= 0.6 is 0 Å². The molecule has 1 fully saturated rings. The van der Waals surface area contributed by atoms with Crippen LogP contribution in [-0.2, 0) is 11.2 Å². The topological polar surface area (TPSA) is 68.4 Å². The van der Waals surface area contributed by atoms with Crippen LogP contribution in [0.25, 0.3) is 10.8 Å². The minimum absolute atomic E-state index is 0.0979. The highest BCUT2D eigenvalue weighted by molar-refractivity contribution is 5.83. The number of fused-ring (bicyclic) bond motifs is 1. The maximum Gasteiger partial charge on any atom is 0.222 e. The SMILES string of the molecule is CC(CN(C)C(=O)CCc1ccc2ccccc2c1)C1NNNN1. The zero-order valence-corrected chi connectivity index (χ0v) is 14.2. The Labute approximate surface area is 142 Å². The standard InChI is InChI=1S/C18H25N5O/c1-13(18-19-21-22-20-18)12-23(2)17(24)10-8-14-7-9-15-5-3-4-6-16(15)11-14/h3-7,9,11,13,18-22H,8,10,12H2,1-2H3. The molecule has 0 radical (unpaired) electrons. The maximum absolute atomic E-state index is 12.4. The van der Waals surface area contributed by atoms with Gasteiger partial charge in [-0.3, -0.25) is 4.79 Å². The lowest BCUT2D eigenvalue weighted by Crippen LogP contribution is -2.45. The second-order valence-corrected chi connectivity index (χ2v) is 6.45. The summed E-state index contributed by atoms with van der Waals surface area (Å²) in [6.07, 6.45) is 1.40. The van der Waals surface area contributed by atoms with E-state index in [4.69, 9.17) is 0 Å². The van der Waals surface area contributed by atoms with E-state index in [1.165, 1.54) is 16.3 Å². The lowest BCUT2D eigenvalue weighted by Gasteiger charge is -2.25. The average Bonchev–Trinajstić information content (AvgIpc) is 3.14. The van der Waals surface area contributed by atoms with Crippen molar-refractivity contribution in [1.29, 1.82) is 0 Å². The number of carbonyl (C=O) groups is 1. The number of rotatable bonds is 6. The van der Waals surface area contributed by atoms with E-state index in [9.17, 15) is 4.79 Å². The van der Waals surface area contributed by atoms with Crippen LogP contribution in [0, 0.1) is 5.92 Å². The van der Waals surface area contributed by atoms with Gasteiger partial charge >= 0.3 is 0 Å². The van der Waals surface area contributed by atoms with Gasteiger partial charge in [0.25, 0.3) is 0 Å². The van der Waals surface area contributed by atoms with Crippen molar-refractivity contribution in [2.75, 3.05) is 13.6 Å². The first-order valence-electron chi connectivity index (χ1n) is 8.36. The Bertz CT molecular complexity index is 699. The molecule has 0 bridgehead atoms. The minimum Gasteiger partial charge on any atom is -0.345 e. The molecule has 128 valence electrons. The molecule has 6 nitrogen and oxygen atoms in total. The van der Waals surface area contributed by atoms with Crippen LogP contribution in [0.5, 0.6) is 0 Å². The summed E-state index contributed by atoms with van der Waals surface area (Å²) in [6.45, 7) is 2.80. The first kappa shape index (κ1) is 16.9. The smallest absolute Gasteiger partial charge is 0.222 e.